The molecular formula is C21H20. The first-order valence-corrected chi connectivity index (χ1v) is 7.95. The first-order chi connectivity index (χ1) is 10.4. The minimum atomic E-state index is 1.12. The number of allylic oxidation sites excluding steroid dienone is 4. The molecule has 2 aromatic carbocycles. The van der Waals surface area contributed by atoms with E-state index in [1.807, 2.05) is 0 Å². The average molecular weight is 272 g/mol. The third-order valence-corrected chi connectivity index (χ3v) is 4.74. The lowest BCUT2D eigenvalue weighted by atomic mass is 9.96. The van der Waals surface area contributed by atoms with Crippen LogP contribution < -0.4 is 0 Å². The van der Waals surface area contributed by atoms with Crippen LogP contribution in [0.2, 0.25) is 0 Å². The van der Waals surface area contributed by atoms with Crippen molar-refractivity contribution in [2.45, 2.75) is 32.1 Å². The first kappa shape index (κ1) is 12.6. The molecule has 0 amide bonds. The fraction of sp³-hybridized carbons (Fsp3) is 0.238. The fourth-order valence-corrected chi connectivity index (χ4v) is 3.64. The van der Waals surface area contributed by atoms with Gasteiger partial charge in [0.1, 0.15) is 0 Å². The zero-order chi connectivity index (χ0) is 14.1. The van der Waals surface area contributed by atoms with Crippen LogP contribution in [0.4, 0.5) is 0 Å². The maximum Gasteiger partial charge on any atom is -0.00107 e. The molecule has 0 N–H and O–H groups in total. The molecule has 2 aliphatic rings. The standard InChI is InChI=1S/C21H20/c1-2-8-16(7-1)9-5-11-17-12-6-14-20-19-13-4-3-10-18(19)15-21(17)20/h1-4,6-7,10,12-14H,5,8-9,11,15H2. The van der Waals surface area contributed by atoms with Gasteiger partial charge in [-0.05, 0) is 59.9 Å². The minimum Gasteiger partial charge on any atom is -0.0805 e. The predicted octanol–water partition coefficient (Wildman–Crippen LogP) is 5.47. The van der Waals surface area contributed by atoms with Crippen LogP contribution in [0, 0.1) is 0 Å². The summed E-state index contributed by atoms with van der Waals surface area (Å²) in [6.07, 6.45) is 12.7. The van der Waals surface area contributed by atoms with E-state index in [2.05, 4.69) is 60.7 Å². The van der Waals surface area contributed by atoms with E-state index in [4.69, 9.17) is 0 Å². The van der Waals surface area contributed by atoms with Crippen molar-refractivity contribution in [2.24, 2.45) is 0 Å². The highest BCUT2D eigenvalue weighted by atomic mass is 14.2. The number of fused-ring (bicyclic) bond motifs is 3. The summed E-state index contributed by atoms with van der Waals surface area (Å²) >= 11 is 0. The van der Waals surface area contributed by atoms with Crippen molar-refractivity contribution in [3.8, 4) is 11.1 Å². The monoisotopic (exact) mass is 272 g/mol. The van der Waals surface area contributed by atoms with Crippen molar-refractivity contribution < 1.29 is 0 Å². The molecule has 2 aromatic rings. The lowest BCUT2D eigenvalue weighted by molar-refractivity contribution is 0.796. The van der Waals surface area contributed by atoms with Crippen molar-refractivity contribution in [1.29, 1.82) is 0 Å². The molecule has 0 bridgehead atoms. The highest BCUT2D eigenvalue weighted by molar-refractivity contribution is 5.77. The Morgan fingerprint density at radius 2 is 1.76 bits per heavy atom. The second kappa shape index (κ2) is 5.37. The summed E-state index contributed by atoms with van der Waals surface area (Å²) in [7, 11) is 0. The summed E-state index contributed by atoms with van der Waals surface area (Å²) < 4.78 is 0. The Hall–Kier alpha value is -2.08. The van der Waals surface area contributed by atoms with Gasteiger partial charge in [0.2, 0.25) is 0 Å². The van der Waals surface area contributed by atoms with Crippen molar-refractivity contribution >= 4 is 0 Å². The number of rotatable bonds is 4. The third-order valence-electron chi connectivity index (χ3n) is 4.74. The van der Waals surface area contributed by atoms with Crippen LogP contribution in [-0.2, 0) is 12.8 Å². The molecular weight excluding hydrogens is 252 g/mol. The second-order valence-corrected chi connectivity index (χ2v) is 6.09. The molecule has 0 saturated heterocycles. The molecule has 0 unspecified atom stereocenters. The van der Waals surface area contributed by atoms with E-state index >= 15 is 0 Å². The third kappa shape index (κ3) is 2.35. The Labute approximate surface area is 126 Å². The Balaban J connectivity index is 1.53. The van der Waals surface area contributed by atoms with Crippen molar-refractivity contribution in [2.75, 3.05) is 0 Å². The number of hydrogen-bond acceptors (Lipinski definition) is 0. The Morgan fingerprint density at radius 1 is 0.857 bits per heavy atom. The van der Waals surface area contributed by atoms with Crippen LogP contribution in [0.5, 0.6) is 0 Å². The van der Waals surface area contributed by atoms with Gasteiger partial charge in [-0.15, -0.1) is 0 Å². The molecule has 21 heavy (non-hydrogen) atoms. The molecule has 0 heterocycles. The normalized spacial score (nSPS) is 15.0. The maximum absolute atomic E-state index is 2.33. The molecule has 2 aliphatic carbocycles. The second-order valence-electron chi connectivity index (χ2n) is 6.09. The van der Waals surface area contributed by atoms with Crippen LogP contribution >= 0.6 is 0 Å². The van der Waals surface area contributed by atoms with Gasteiger partial charge in [-0.25, -0.2) is 0 Å². The predicted molar refractivity (Wildman–Crippen MR) is 89.5 cm³/mol. The molecule has 0 saturated carbocycles. The van der Waals surface area contributed by atoms with Gasteiger partial charge in [0, 0.05) is 0 Å². The molecule has 104 valence electrons. The quantitative estimate of drug-likeness (QED) is 0.591. The Kier molecular flexibility index (Phi) is 3.23. The summed E-state index contributed by atoms with van der Waals surface area (Å²) in [6, 6.07) is 15.7. The van der Waals surface area contributed by atoms with Crippen LogP contribution in [0.25, 0.3) is 11.1 Å². The number of benzene rings is 2. The molecule has 0 nitrogen and oxygen atoms in total. The van der Waals surface area contributed by atoms with E-state index in [0.29, 0.717) is 0 Å². The minimum absolute atomic E-state index is 1.12. The van der Waals surface area contributed by atoms with Gasteiger partial charge in [0.15, 0.2) is 0 Å². The first-order valence-electron chi connectivity index (χ1n) is 7.95. The van der Waals surface area contributed by atoms with Crippen molar-refractivity contribution in [1.82, 2.24) is 0 Å². The lowest BCUT2D eigenvalue weighted by Crippen LogP contribution is -1.94. The molecule has 0 heteroatoms. The largest absolute Gasteiger partial charge is 0.0805 e. The molecule has 0 aromatic heterocycles. The maximum atomic E-state index is 2.33. The van der Waals surface area contributed by atoms with Gasteiger partial charge in [-0.3, -0.25) is 0 Å². The SMILES string of the molecule is C1=CCC(CCCc2cccc3c2Cc2ccccc2-3)=C1. The smallest absolute Gasteiger partial charge is 0.00107 e. The van der Waals surface area contributed by atoms with Crippen molar-refractivity contribution in [3.63, 3.8) is 0 Å². The molecule has 0 aliphatic heterocycles. The summed E-state index contributed by atoms with van der Waals surface area (Å²) in [4.78, 5) is 0. The summed E-state index contributed by atoms with van der Waals surface area (Å²) in [6.45, 7) is 0. The Bertz CT molecular complexity index is 731. The zero-order valence-electron chi connectivity index (χ0n) is 12.3. The fourth-order valence-electron chi connectivity index (χ4n) is 3.64. The van der Waals surface area contributed by atoms with E-state index in [1.54, 1.807) is 16.7 Å². The van der Waals surface area contributed by atoms with Gasteiger partial charge < -0.3 is 0 Å². The van der Waals surface area contributed by atoms with Crippen LogP contribution in [0.3, 0.4) is 0 Å². The molecule has 0 radical (unpaired) electrons. The van der Waals surface area contributed by atoms with E-state index < -0.39 is 0 Å². The molecule has 0 spiro atoms. The van der Waals surface area contributed by atoms with E-state index in [0.717, 1.165) is 6.42 Å². The highest BCUT2D eigenvalue weighted by Gasteiger charge is 2.19. The number of aryl methyl sites for hydroxylation is 1. The molecule has 0 atom stereocenters. The van der Waals surface area contributed by atoms with Crippen LogP contribution in [-0.4, -0.2) is 0 Å². The van der Waals surface area contributed by atoms with Gasteiger partial charge in [-0.1, -0.05) is 66.3 Å². The summed E-state index contributed by atoms with van der Waals surface area (Å²) in [5.41, 5.74) is 9.10. The number of hydrogen-bond donors (Lipinski definition) is 0. The average Bonchev–Trinajstić information content (AvgIpc) is 3.15. The van der Waals surface area contributed by atoms with Gasteiger partial charge in [0.25, 0.3) is 0 Å². The highest BCUT2D eigenvalue weighted by Crippen LogP contribution is 2.38. The topological polar surface area (TPSA) is 0 Å². The molecule has 4 rings (SSSR count). The van der Waals surface area contributed by atoms with Crippen LogP contribution in [0.1, 0.15) is 36.0 Å². The van der Waals surface area contributed by atoms with Crippen molar-refractivity contribution in [3.05, 3.63) is 83.0 Å². The van der Waals surface area contributed by atoms with E-state index in [1.165, 1.54) is 42.4 Å². The van der Waals surface area contributed by atoms with Gasteiger partial charge in [-0.2, -0.15) is 0 Å². The van der Waals surface area contributed by atoms with Gasteiger partial charge >= 0.3 is 0 Å². The Morgan fingerprint density at radius 3 is 2.67 bits per heavy atom. The lowest BCUT2D eigenvalue weighted by Gasteiger charge is -2.09. The molecule has 0 fully saturated rings. The summed E-state index contributed by atoms with van der Waals surface area (Å²) in [5, 5.41) is 0. The van der Waals surface area contributed by atoms with E-state index in [9.17, 15) is 0 Å². The zero-order valence-corrected chi connectivity index (χ0v) is 12.3. The van der Waals surface area contributed by atoms with Gasteiger partial charge in [0.05, 0.1) is 0 Å². The van der Waals surface area contributed by atoms with Crippen LogP contribution in [0.15, 0.2) is 66.3 Å². The van der Waals surface area contributed by atoms with E-state index in [-0.39, 0.29) is 0 Å². The summed E-state index contributed by atoms with van der Waals surface area (Å²) in [5.74, 6) is 0.